The summed E-state index contributed by atoms with van der Waals surface area (Å²) < 4.78 is 5.77. The van der Waals surface area contributed by atoms with Crippen LogP contribution in [0.2, 0.25) is 5.02 Å². The van der Waals surface area contributed by atoms with Crippen molar-refractivity contribution in [2.45, 2.75) is 20.5 Å². The van der Waals surface area contributed by atoms with E-state index in [1.165, 1.54) is 0 Å². The number of nitrogen functional groups attached to an aromatic ring is 1. The normalized spacial score (nSPS) is 10.1. The number of halogens is 1. The fourth-order valence-corrected chi connectivity index (χ4v) is 2.30. The number of nitrogens with two attached hydrogens (primary N) is 1. The van der Waals surface area contributed by atoms with Crippen LogP contribution in [0.4, 0.5) is 5.69 Å². The summed E-state index contributed by atoms with van der Waals surface area (Å²) in [5, 5.41) is 9.32. The van der Waals surface area contributed by atoms with Gasteiger partial charge in [0.1, 0.15) is 12.4 Å². The van der Waals surface area contributed by atoms with Gasteiger partial charge >= 0.3 is 0 Å². The molecule has 0 unspecified atom stereocenters. The van der Waals surface area contributed by atoms with Gasteiger partial charge in [0.2, 0.25) is 0 Å². The van der Waals surface area contributed by atoms with Crippen molar-refractivity contribution in [3.05, 3.63) is 57.6 Å². The van der Waals surface area contributed by atoms with Crippen LogP contribution in [-0.4, -0.2) is 0 Å². The maximum atomic E-state index is 8.80. The minimum Gasteiger partial charge on any atom is -0.486 e. The quantitative estimate of drug-likeness (QED) is 0.868. The molecule has 102 valence electrons. The van der Waals surface area contributed by atoms with Crippen LogP contribution in [0.3, 0.4) is 0 Å². The number of nitriles is 1. The van der Waals surface area contributed by atoms with Gasteiger partial charge in [0.15, 0.2) is 0 Å². The lowest BCUT2D eigenvalue weighted by molar-refractivity contribution is 0.306. The number of ether oxygens (including phenoxy) is 1. The highest BCUT2D eigenvalue weighted by Gasteiger charge is 2.08. The largest absolute Gasteiger partial charge is 0.486 e. The molecule has 20 heavy (non-hydrogen) atoms. The van der Waals surface area contributed by atoms with Crippen molar-refractivity contribution in [1.82, 2.24) is 0 Å². The number of hydrogen-bond acceptors (Lipinski definition) is 3. The first-order chi connectivity index (χ1) is 9.51. The zero-order chi connectivity index (χ0) is 14.7. The van der Waals surface area contributed by atoms with E-state index in [0.29, 0.717) is 28.6 Å². The van der Waals surface area contributed by atoms with Crippen molar-refractivity contribution >= 4 is 17.3 Å². The summed E-state index contributed by atoms with van der Waals surface area (Å²) in [5.74, 6) is 0.677. The molecule has 2 rings (SSSR count). The van der Waals surface area contributed by atoms with E-state index < -0.39 is 0 Å². The molecule has 0 aliphatic heterocycles. The Labute approximate surface area is 123 Å². The first-order valence-corrected chi connectivity index (χ1v) is 6.57. The van der Waals surface area contributed by atoms with Gasteiger partial charge in [0.05, 0.1) is 17.3 Å². The second-order valence-corrected chi connectivity index (χ2v) is 5.11. The number of benzene rings is 2. The highest BCUT2D eigenvalue weighted by molar-refractivity contribution is 6.31. The number of nitrogens with zero attached hydrogens (tertiary/aromatic N) is 1. The van der Waals surface area contributed by atoms with Crippen LogP contribution in [0.15, 0.2) is 30.3 Å². The SMILES string of the molecule is Cc1cc(C)c(OCc2ccc(C#N)cc2Cl)c(N)c1. The minimum absolute atomic E-state index is 0.318. The van der Waals surface area contributed by atoms with Gasteiger partial charge < -0.3 is 10.5 Å². The van der Waals surface area contributed by atoms with Gasteiger partial charge in [0.25, 0.3) is 0 Å². The first-order valence-electron chi connectivity index (χ1n) is 6.19. The third kappa shape index (κ3) is 3.04. The Morgan fingerprint density at radius 1 is 1.25 bits per heavy atom. The van der Waals surface area contributed by atoms with E-state index in [2.05, 4.69) is 0 Å². The lowest BCUT2D eigenvalue weighted by Gasteiger charge is -2.13. The summed E-state index contributed by atoms with van der Waals surface area (Å²) in [6, 6.07) is 11.1. The molecule has 0 amide bonds. The molecule has 0 saturated carbocycles. The van der Waals surface area contributed by atoms with E-state index in [9.17, 15) is 0 Å². The van der Waals surface area contributed by atoms with Crippen molar-refractivity contribution in [2.75, 3.05) is 5.73 Å². The Hall–Kier alpha value is -2.18. The average molecular weight is 287 g/mol. The Morgan fingerprint density at radius 3 is 2.60 bits per heavy atom. The van der Waals surface area contributed by atoms with Crippen molar-refractivity contribution < 1.29 is 4.74 Å². The number of anilines is 1. The van der Waals surface area contributed by atoms with Crippen molar-refractivity contribution in [3.63, 3.8) is 0 Å². The maximum absolute atomic E-state index is 8.80. The van der Waals surface area contributed by atoms with Gasteiger partial charge in [-0.2, -0.15) is 5.26 Å². The summed E-state index contributed by atoms with van der Waals surface area (Å²) in [5.41, 5.74) is 10.0. The fourth-order valence-electron chi connectivity index (χ4n) is 2.07. The monoisotopic (exact) mass is 286 g/mol. The molecule has 2 aromatic rings. The molecule has 3 nitrogen and oxygen atoms in total. The van der Waals surface area contributed by atoms with Crippen LogP contribution < -0.4 is 10.5 Å². The van der Waals surface area contributed by atoms with Crippen LogP contribution in [0.25, 0.3) is 0 Å². The molecule has 0 spiro atoms. The molecule has 0 radical (unpaired) electrons. The van der Waals surface area contributed by atoms with E-state index in [4.69, 9.17) is 27.3 Å². The molecule has 0 aliphatic rings. The molecule has 2 aromatic carbocycles. The van der Waals surface area contributed by atoms with Gasteiger partial charge in [-0.3, -0.25) is 0 Å². The van der Waals surface area contributed by atoms with E-state index in [1.54, 1.807) is 18.2 Å². The van der Waals surface area contributed by atoms with E-state index in [-0.39, 0.29) is 0 Å². The smallest absolute Gasteiger partial charge is 0.145 e. The summed E-state index contributed by atoms with van der Waals surface area (Å²) in [7, 11) is 0. The topological polar surface area (TPSA) is 59.0 Å². The maximum Gasteiger partial charge on any atom is 0.145 e. The molecular formula is C16H15ClN2O. The van der Waals surface area contributed by atoms with Crippen LogP contribution in [0.1, 0.15) is 22.3 Å². The molecule has 0 aliphatic carbocycles. The molecule has 2 N–H and O–H groups in total. The van der Waals surface area contributed by atoms with E-state index in [1.807, 2.05) is 32.0 Å². The van der Waals surface area contributed by atoms with Gasteiger partial charge in [0, 0.05) is 10.6 Å². The zero-order valence-corrected chi connectivity index (χ0v) is 12.2. The predicted molar refractivity (Wildman–Crippen MR) is 80.8 cm³/mol. The average Bonchev–Trinajstić information content (AvgIpc) is 2.39. The second kappa shape index (κ2) is 5.85. The van der Waals surface area contributed by atoms with Crippen LogP contribution in [0.5, 0.6) is 5.75 Å². The van der Waals surface area contributed by atoms with Crippen LogP contribution in [0, 0.1) is 25.2 Å². The summed E-state index contributed by atoms with van der Waals surface area (Å²) >= 11 is 6.12. The number of aryl methyl sites for hydroxylation is 2. The van der Waals surface area contributed by atoms with Gasteiger partial charge in [-0.1, -0.05) is 23.7 Å². The molecule has 0 bridgehead atoms. The second-order valence-electron chi connectivity index (χ2n) is 4.71. The van der Waals surface area contributed by atoms with Gasteiger partial charge in [-0.15, -0.1) is 0 Å². The fraction of sp³-hybridized carbons (Fsp3) is 0.188. The Kier molecular flexibility index (Phi) is 4.16. The minimum atomic E-state index is 0.318. The zero-order valence-electron chi connectivity index (χ0n) is 11.4. The number of hydrogen-bond donors (Lipinski definition) is 1. The van der Waals surface area contributed by atoms with Gasteiger partial charge in [-0.05, 0) is 43.2 Å². The van der Waals surface area contributed by atoms with E-state index in [0.717, 1.165) is 16.7 Å². The first kappa shape index (κ1) is 14.2. The third-order valence-electron chi connectivity index (χ3n) is 3.00. The van der Waals surface area contributed by atoms with Crippen molar-refractivity contribution in [2.24, 2.45) is 0 Å². The Bertz CT molecular complexity index is 666. The third-order valence-corrected chi connectivity index (χ3v) is 3.35. The highest BCUT2D eigenvalue weighted by atomic mass is 35.5. The van der Waals surface area contributed by atoms with Gasteiger partial charge in [-0.25, -0.2) is 0 Å². The summed E-state index contributed by atoms with van der Waals surface area (Å²) in [6.07, 6.45) is 0. The Balaban J connectivity index is 2.20. The molecule has 0 aromatic heterocycles. The lowest BCUT2D eigenvalue weighted by Crippen LogP contribution is -2.02. The molecule has 0 saturated heterocycles. The predicted octanol–water partition coefficient (Wildman–Crippen LogP) is 3.99. The molecule has 4 heteroatoms. The van der Waals surface area contributed by atoms with Crippen LogP contribution >= 0.6 is 11.6 Å². The molecule has 0 heterocycles. The van der Waals surface area contributed by atoms with E-state index >= 15 is 0 Å². The molecular weight excluding hydrogens is 272 g/mol. The van der Waals surface area contributed by atoms with Crippen molar-refractivity contribution in [3.8, 4) is 11.8 Å². The van der Waals surface area contributed by atoms with Crippen LogP contribution in [-0.2, 0) is 6.61 Å². The Morgan fingerprint density at radius 2 is 2.00 bits per heavy atom. The molecule has 0 fully saturated rings. The summed E-state index contributed by atoms with van der Waals surface area (Å²) in [4.78, 5) is 0. The van der Waals surface area contributed by atoms with Crippen molar-refractivity contribution in [1.29, 1.82) is 5.26 Å². The lowest BCUT2D eigenvalue weighted by atomic mass is 10.1. The highest BCUT2D eigenvalue weighted by Crippen LogP contribution is 2.29. The number of rotatable bonds is 3. The summed E-state index contributed by atoms with van der Waals surface area (Å²) in [6.45, 7) is 4.27. The standard InChI is InChI=1S/C16H15ClN2O/c1-10-5-11(2)16(15(19)6-10)20-9-13-4-3-12(8-18)7-14(13)17/h3-7H,9,19H2,1-2H3. The molecule has 0 atom stereocenters.